The van der Waals surface area contributed by atoms with Crippen molar-refractivity contribution in [1.82, 2.24) is 4.90 Å². The number of carboxylic acids is 1. The van der Waals surface area contributed by atoms with E-state index in [1.54, 1.807) is 19.3 Å². The van der Waals surface area contributed by atoms with Gasteiger partial charge in [-0.25, -0.2) is 0 Å². The Morgan fingerprint density at radius 1 is 1.52 bits per heavy atom. The standard InChI is InChI=1S/C14H13NO4S2/c1-19-10-4-2-3-9(7-10)8-11-13(18)15(14(20)21-11)6-5-12(16)17/h2-4,7-8H,5-6H2,1H3,(H,16,17)/p-1/b11-8-. The Labute approximate surface area is 131 Å². The lowest BCUT2D eigenvalue weighted by Crippen LogP contribution is -2.33. The normalized spacial score (nSPS) is 16.6. The average Bonchev–Trinajstić information content (AvgIpc) is 2.71. The summed E-state index contributed by atoms with van der Waals surface area (Å²) in [5.41, 5.74) is 0.815. The minimum atomic E-state index is -1.21. The van der Waals surface area contributed by atoms with E-state index >= 15 is 0 Å². The molecule has 0 aliphatic carbocycles. The summed E-state index contributed by atoms with van der Waals surface area (Å²) in [5, 5.41) is 10.5. The summed E-state index contributed by atoms with van der Waals surface area (Å²) in [4.78, 5) is 24.4. The molecular weight excluding hydrogens is 310 g/mol. The molecule has 0 saturated carbocycles. The lowest BCUT2D eigenvalue weighted by Gasteiger charge is -2.14. The average molecular weight is 322 g/mol. The third-order valence-corrected chi connectivity index (χ3v) is 4.18. The maximum absolute atomic E-state index is 12.2. The van der Waals surface area contributed by atoms with Gasteiger partial charge in [0.1, 0.15) is 10.1 Å². The number of thioether (sulfide) groups is 1. The Morgan fingerprint density at radius 3 is 2.95 bits per heavy atom. The van der Waals surface area contributed by atoms with Crippen LogP contribution in [0, 0.1) is 0 Å². The van der Waals surface area contributed by atoms with Crippen molar-refractivity contribution in [3.8, 4) is 5.75 Å². The van der Waals surface area contributed by atoms with Gasteiger partial charge in [0.15, 0.2) is 0 Å². The van der Waals surface area contributed by atoms with Gasteiger partial charge in [0.25, 0.3) is 5.91 Å². The minimum absolute atomic E-state index is 0.0302. The van der Waals surface area contributed by atoms with Crippen molar-refractivity contribution in [2.45, 2.75) is 6.42 Å². The number of hydrogen-bond acceptors (Lipinski definition) is 6. The van der Waals surface area contributed by atoms with Crippen molar-refractivity contribution < 1.29 is 19.4 Å². The fraction of sp³-hybridized carbons (Fsp3) is 0.214. The van der Waals surface area contributed by atoms with Gasteiger partial charge in [0.2, 0.25) is 0 Å². The molecule has 0 radical (unpaired) electrons. The van der Waals surface area contributed by atoms with E-state index in [0.29, 0.717) is 15.0 Å². The maximum atomic E-state index is 12.2. The van der Waals surface area contributed by atoms with E-state index in [4.69, 9.17) is 17.0 Å². The number of ether oxygens (including phenoxy) is 1. The van der Waals surface area contributed by atoms with Crippen LogP contribution >= 0.6 is 24.0 Å². The number of carbonyl (C=O) groups excluding carboxylic acids is 2. The zero-order valence-corrected chi connectivity index (χ0v) is 12.8. The van der Waals surface area contributed by atoms with E-state index in [2.05, 4.69) is 0 Å². The zero-order chi connectivity index (χ0) is 15.4. The summed E-state index contributed by atoms with van der Waals surface area (Å²) >= 11 is 6.26. The number of carboxylic acid groups (broad SMARTS) is 1. The molecule has 1 amide bonds. The van der Waals surface area contributed by atoms with Crippen LogP contribution in [0.3, 0.4) is 0 Å². The predicted molar refractivity (Wildman–Crippen MR) is 82.5 cm³/mol. The molecule has 1 aromatic rings. The minimum Gasteiger partial charge on any atom is -0.550 e. The van der Waals surface area contributed by atoms with Crippen LogP contribution in [-0.2, 0) is 9.59 Å². The Bertz CT molecular complexity index is 627. The van der Waals surface area contributed by atoms with Crippen LogP contribution in [0.2, 0.25) is 0 Å². The van der Waals surface area contributed by atoms with Gasteiger partial charge in [-0.15, -0.1) is 0 Å². The van der Waals surface area contributed by atoms with E-state index in [1.807, 2.05) is 18.2 Å². The Kier molecular flexibility index (Phi) is 4.98. The molecule has 0 spiro atoms. The summed E-state index contributed by atoms with van der Waals surface area (Å²) in [7, 11) is 1.57. The second-order valence-electron chi connectivity index (χ2n) is 4.23. The highest BCUT2D eigenvalue weighted by Crippen LogP contribution is 2.32. The molecule has 2 rings (SSSR count). The van der Waals surface area contributed by atoms with Gasteiger partial charge in [-0.2, -0.15) is 0 Å². The molecule has 1 aliphatic heterocycles. The highest BCUT2D eigenvalue weighted by Gasteiger charge is 2.31. The second-order valence-corrected chi connectivity index (χ2v) is 5.91. The summed E-state index contributed by atoms with van der Waals surface area (Å²) in [6, 6.07) is 7.27. The molecule has 110 valence electrons. The lowest BCUT2D eigenvalue weighted by atomic mass is 10.2. The first-order valence-corrected chi connectivity index (χ1v) is 7.33. The van der Waals surface area contributed by atoms with E-state index < -0.39 is 5.97 Å². The Balaban J connectivity index is 2.17. The molecule has 0 unspecified atom stereocenters. The molecule has 0 N–H and O–H groups in total. The van der Waals surface area contributed by atoms with Crippen LogP contribution in [0.5, 0.6) is 5.75 Å². The zero-order valence-electron chi connectivity index (χ0n) is 11.2. The topological polar surface area (TPSA) is 69.7 Å². The first kappa shape index (κ1) is 15.5. The molecule has 1 fully saturated rings. The quantitative estimate of drug-likeness (QED) is 0.596. The van der Waals surface area contributed by atoms with Gasteiger partial charge < -0.3 is 14.6 Å². The van der Waals surface area contributed by atoms with Gasteiger partial charge in [-0.05, 0) is 23.8 Å². The summed E-state index contributed by atoms with van der Waals surface area (Å²) in [6.07, 6.45) is 1.47. The molecule has 21 heavy (non-hydrogen) atoms. The number of carbonyl (C=O) groups is 2. The molecule has 1 aliphatic rings. The summed E-state index contributed by atoms with van der Waals surface area (Å²) in [6.45, 7) is 0.0302. The van der Waals surface area contributed by atoms with Crippen molar-refractivity contribution in [3.63, 3.8) is 0 Å². The number of hydrogen-bond donors (Lipinski definition) is 0. The number of nitrogens with zero attached hydrogens (tertiary/aromatic N) is 1. The summed E-state index contributed by atoms with van der Waals surface area (Å²) in [5.74, 6) is -0.800. The summed E-state index contributed by atoms with van der Waals surface area (Å²) < 4.78 is 5.48. The fourth-order valence-corrected chi connectivity index (χ4v) is 3.09. The van der Waals surface area contributed by atoms with E-state index in [9.17, 15) is 14.7 Å². The van der Waals surface area contributed by atoms with Gasteiger partial charge in [-0.3, -0.25) is 9.69 Å². The predicted octanol–water partition coefficient (Wildman–Crippen LogP) is 1.04. The largest absolute Gasteiger partial charge is 0.550 e. The van der Waals surface area contributed by atoms with Crippen LogP contribution in [0.4, 0.5) is 0 Å². The van der Waals surface area contributed by atoms with E-state index in [-0.39, 0.29) is 18.9 Å². The molecule has 1 saturated heterocycles. The van der Waals surface area contributed by atoms with Crippen LogP contribution < -0.4 is 9.84 Å². The van der Waals surface area contributed by atoms with Crippen molar-refractivity contribution in [1.29, 1.82) is 0 Å². The van der Waals surface area contributed by atoms with Crippen molar-refractivity contribution in [2.24, 2.45) is 0 Å². The molecule has 0 bridgehead atoms. The second kappa shape index (κ2) is 6.73. The lowest BCUT2D eigenvalue weighted by molar-refractivity contribution is -0.305. The van der Waals surface area contributed by atoms with Gasteiger partial charge in [-0.1, -0.05) is 36.1 Å². The molecule has 0 atom stereocenters. The van der Waals surface area contributed by atoms with E-state index in [0.717, 1.165) is 17.3 Å². The van der Waals surface area contributed by atoms with Crippen LogP contribution in [0.15, 0.2) is 29.2 Å². The molecule has 5 nitrogen and oxygen atoms in total. The Morgan fingerprint density at radius 2 is 2.29 bits per heavy atom. The van der Waals surface area contributed by atoms with Crippen molar-refractivity contribution >= 4 is 46.3 Å². The third-order valence-electron chi connectivity index (χ3n) is 2.80. The van der Waals surface area contributed by atoms with Gasteiger partial charge >= 0.3 is 0 Å². The highest BCUT2D eigenvalue weighted by molar-refractivity contribution is 8.26. The molecule has 1 aromatic carbocycles. The number of benzene rings is 1. The molecule has 7 heteroatoms. The van der Waals surface area contributed by atoms with E-state index in [1.165, 1.54) is 4.90 Å². The first-order chi connectivity index (χ1) is 10.0. The Hall–Kier alpha value is -1.86. The number of thiocarbonyl (C=S) groups is 1. The number of aliphatic carboxylic acids is 1. The smallest absolute Gasteiger partial charge is 0.266 e. The maximum Gasteiger partial charge on any atom is 0.266 e. The molecular formula is C14H12NO4S2-. The molecule has 1 heterocycles. The van der Waals surface area contributed by atoms with Gasteiger partial charge in [0, 0.05) is 18.9 Å². The van der Waals surface area contributed by atoms with Crippen LogP contribution in [0.1, 0.15) is 12.0 Å². The highest BCUT2D eigenvalue weighted by atomic mass is 32.2. The first-order valence-electron chi connectivity index (χ1n) is 6.10. The third kappa shape index (κ3) is 3.83. The van der Waals surface area contributed by atoms with Gasteiger partial charge in [0.05, 0.1) is 12.0 Å². The number of methoxy groups -OCH3 is 1. The van der Waals surface area contributed by atoms with Crippen molar-refractivity contribution in [2.75, 3.05) is 13.7 Å². The fourth-order valence-electron chi connectivity index (χ4n) is 1.78. The van der Waals surface area contributed by atoms with Crippen LogP contribution in [0.25, 0.3) is 6.08 Å². The molecule has 0 aromatic heterocycles. The van der Waals surface area contributed by atoms with Crippen molar-refractivity contribution in [3.05, 3.63) is 34.7 Å². The monoisotopic (exact) mass is 322 g/mol. The van der Waals surface area contributed by atoms with Crippen LogP contribution in [-0.4, -0.2) is 34.8 Å². The SMILES string of the molecule is COc1cccc(/C=C2\SC(=S)N(CCC(=O)[O-])C2=O)c1. The number of rotatable bonds is 5. The number of amides is 1.